The van der Waals surface area contributed by atoms with Crippen molar-refractivity contribution in [1.29, 1.82) is 0 Å². The Balaban J connectivity index is 0.00000132. The zero-order chi connectivity index (χ0) is 14.7. The van der Waals surface area contributed by atoms with Crippen molar-refractivity contribution in [1.82, 2.24) is 25.3 Å². The molecule has 0 radical (unpaired) electrons. The molecule has 0 atom stereocenters. The van der Waals surface area contributed by atoms with Gasteiger partial charge in [0.05, 0.1) is 5.69 Å². The molecule has 0 aliphatic carbocycles. The highest BCUT2D eigenvalue weighted by atomic mass is 35.5. The molecule has 23 heavy (non-hydrogen) atoms. The number of nitrogens with zero attached hydrogens (tertiary/aromatic N) is 5. The summed E-state index contributed by atoms with van der Waals surface area (Å²) in [7, 11) is 2.03. The van der Waals surface area contributed by atoms with Crippen LogP contribution in [-0.4, -0.2) is 40.1 Å². The molecular weight excluding hydrogens is 337 g/mol. The summed E-state index contributed by atoms with van der Waals surface area (Å²) in [6.45, 7) is 2.63. The van der Waals surface area contributed by atoms with Crippen LogP contribution in [0.2, 0.25) is 0 Å². The lowest BCUT2D eigenvalue weighted by molar-refractivity contribution is 0.708. The Kier molecular flexibility index (Phi) is 7.41. The van der Waals surface area contributed by atoms with Gasteiger partial charge in [-0.3, -0.25) is 0 Å². The first-order valence-electron chi connectivity index (χ1n) is 7.05. The maximum Gasteiger partial charge on any atom is 0.219 e. The SMILES string of the molecule is CN(Cc1cnc(N)nc1)c1ncnc2c1CCNCC2.Cl.Cl. The molecule has 0 unspecified atom stereocenters. The third-order valence-corrected chi connectivity index (χ3v) is 3.61. The van der Waals surface area contributed by atoms with Gasteiger partial charge in [0.15, 0.2) is 0 Å². The molecule has 1 aliphatic rings. The predicted octanol–water partition coefficient (Wildman–Crippen LogP) is 1.02. The summed E-state index contributed by atoms with van der Waals surface area (Å²) >= 11 is 0. The first-order valence-corrected chi connectivity index (χ1v) is 7.05. The molecule has 7 nitrogen and oxygen atoms in total. The maximum atomic E-state index is 5.51. The second-order valence-corrected chi connectivity index (χ2v) is 5.18. The van der Waals surface area contributed by atoms with Gasteiger partial charge in [0.1, 0.15) is 12.1 Å². The van der Waals surface area contributed by atoms with Gasteiger partial charge in [-0.2, -0.15) is 0 Å². The third kappa shape index (κ3) is 4.63. The number of halogens is 2. The molecule has 0 saturated heterocycles. The summed E-state index contributed by atoms with van der Waals surface area (Å²) in [5.74, 6) is 1.28. The summed E-state index contributed by atoms with van der Waals surface area (Å²) in [6.07, 6.45) is 7.05. The predicted molar refractivity (Wildman–Crippen MR) is 95.4 cm³/mol. The Bertz CT molecular complexity index is 621. The fourth-order valence-electron chi connectivity index (χ4n) is 2.58. The molecule has 0 aromatic carbocycles. The van der Waals surface area contributed by atoms with Crippen LogP contribution in [0.4, 0.5) is 11.8 Å². The molecule has 0 bridgehead atoms. The molecule has 3 rings (SSSR count). The fraction of sp³-hybridized carbons (Fsp3) is 0.429. The van der Waals surface area contributed by atoms with E-state index in [0.29, 0.717) is 12.5 Å². The van der Waals surface area contributed by atoms with Crippen LogP contribution in [-0.2, 0) is 19.4 Å². The van der Waals surface area contributed by atoms with E-state index in [2.05, 4.69) is 30.2 Å². The molecule has 3 N–H and O–H groups in total. The van der Waals surface area contributed by atoms with Gasteiger partial charge in [-0.25, -0.2) is 19.9 Å². The van der Waals surface area contributed by atoms with Gasteiger partial charge < -0.3 is 16.0 Å². The summed E-state index contributed by atoms with van der Waals surface area (Å²) in [5, 5.41) is 3.40. The van der Waals surface area contributed by atoms with Crippen LogP contribution in [0.25, 0.3) is 0 Å². The Morgan fingerprint density at radius 1 is 1.09 bits per heavy atom. The lowest BCUT2D eigenvalue weighted by atomic mass is 10.1. The van der Waals surface area contributed by atoms with Gasteiger partial charge in [-0.15, -0.1) is 24.8 Å². The number of nitrogen functional groups attached to an aromatic ring is 1. The highest BCUT2D eigenvalue weighted by Gasteiger charge is 2.16. The van der Waals surface area contributed by atoms with Crippen molar-refractivity contribution in [2.75, 3.05) is 30.8 Å². The molecule has 0 spiro atoms. The number of rotatable bonds is 3. The van der Waals surface area contributed by atoms with Crippen LogP contribution in [0.5, 0.6) is 0 Å². The van der Waals surface area contributed by atoms with Gasteiger partial charge in [-0.1, -0.05) is 0 Å². The van der Waals surface area contributed by atoms with Crippen molar-refractivity contribution in [3.63, 3.8) is 0 Å². The third-order valence-electron chi connectivity index (χ3n) is 3.61. The van der Waals surface area contributed by atoms with Crippen molar-refractivity contribution in [3.8, 4) is 0 Å². The molecule has 2 aromatic rings. The van der Waals surface area contributed by atoms with E-state index < -0.39 is 0 Å². The number of anilines is 2. The maximum absolute atomic E-state index is 5.51. The first-order chi connectivity index (χ1) is 10.2. The molecule has 3 heterocycles. The topological polar surface area (TPSA) is 92.9 Å². The highest BCUT2D eigenvalue weighted by Crippen LogP contribution is 2.22. The molecule has 0 amide bonds. The Morgan fingerprint density at radius 2 is 1.78 bits per heavy atom. The number of aromatic nitrogens is 4. The minimum absolute atomic E-state index is 0. The summed E-state index contributed by atoms with van der Waals surface area (Å²) in [4.78, 5) is 19.1. The summed E-state index contributed by atoms with van der Waals surface area (Å²) in [5.41, 5.74) is 8.90. The molecule has 0 fully saturated rings. The molecule has 126 valence electrons. The van der Waals surface area contributed by atoms with Gasteiger partial charge in [0.2, 0.25) is 5.95 Å². The quantitative estimate of drug-likeness (QED) is 0.846. The second-order valence-electron chi connectivity index (χ2n) is 5.18. The minimum Gasteiger partial charge on any atom is -0.368 e. The molecule has 2 aromatic heterocycles. The van der Waals surface area contributed by atoms with Crippen LogP contribution < -0.4 is 16.0 Å². The fourth-order valence-corrected chi connectivity index (χ4v) is 2.58. The van der Waals surface area contributed by atoms with E-state index in [-0.39, 0.29) is 24.8 Å². The zero-order valence-corrected chi connectivity index (χ0v) is 14.5. The summed E-state index contributed by atoms with van der Waals surface area (Å²) < 4.78 is 0. The number of fused-ring (bicyclic) bond motifs is 1. The Labute approximate surface area is 148 Å². The molecule has 0 saturated carbocycles. The number of hydrogen-bond donors (Lipinski definition) is 2. The normalized spacial score (nSPS) is 13.1. The van der Waals surface area contributed by atoms with E-state index >= 15 is 0 Å². The van der Waals surface area contributed by atoms with Gasteiger partial charge in [0.25, 0.3) is 0 Å². The highest BCUT2D eigenvalue weighted by molar-refractivity contribution is 5.85. The lowest BCUT2D eigenvalue weighted by Crippen LogP contribution is -2.21. The number of hydrogen-bond acceptors (Lipinski definition) is 7. The lowest BCUT2D eigenvalue weighted by Gasteiger charge is -2.21. The van der Waals surface area contributed by atoms with Crippen LogP contribution in [0.3, 0.4) is 0 Å². The van der Waals surface area contributed by atoms with Crippen molar-refractivity contribution >= 4 is 36.6 Å². The van der Waals surface area contributed by atoms with Gasteiger partial charge in [0, 0.05) is 50.1 Å². The van der Waals surface area contributed by atoms with Crippen molar-refractivity contribution in [2.24, 2.45) is 0 Å². The van der Waals surface area contributed by atoms with Crippen LogP contribution in [0.1, 0.15) is 16.8 Å². The van der Waals surface area contributed by atoms with Crippen LogP contribution in [0, 0.1) is 0 Å². The zero-order valence-electron chi connectivity index (χ0n) is 12.9. The number of nitrogens with one attached hydrogen (secondary N) is 1. The average Bonchev–Trinajstić information content (AvgIpc) is 2.74. The van der Waals surface area contributed by atoms with E-state index in [1.165, 1.54) is 5.56 Å². The van der Waals surface area contributed by atoms with Crippen molar-refractivity contribution in [2.45, 2.75) is 19.4 Å². The Morgan fingerprint density at radius 3 is 2.52 bits per heavy atom. The van der Waals surface area contributed by atoms with E-state index in [9.17, 15) is 0 Å². The number of nitrogens with two attached hydrogens (primary N) is 1. The second kappa shape index (κ2) is 8.81. The van der Waals surface area contributed by atoms with Crippen molar-refractivity contribution < 1.29 is 0 Å². The largest absolute Gasteiger partial charge is 0.368 e. The van der Waals surface area contributed by atoms with Crippen molar-refractivity contribution in [3.05, 3.63) is 35.5 Å². The van der Waals surface area contributed by atoms with Gasteiger partial charge >= 0.3 is 0 Å². The Hall–Kier alpha value is -1.70. The molecule has 1 aliphatic heterocycles. The minimum atomic E-state index is 0. The van der Waals surface area contributed by atoms with Gasteiger partial charge in [-0.05, 0) is 13.0 Å². The van der Waals surface area contributed by atoms with E-state index in [1.807, 2.05) is 7.05 Å². The standard InChI is InChI=1S/C14H19N7.2ClH/c1-21(8-10-6-17-14(15)18-7-10)13-11-2-4-16-5-3-12(11)19-9-20-13;;/h6-7,9,16H,2-5,8H2,1H3,(H2,15,17,18);2*1H. The monoisotopic (exact) mass is 357 g/mol. The molecular formula is C14H21Cl2N7. The molecule has 9 heteroatoms. The average molecular weight is 358 g/mol. The smallest absolute Gasteiger partial charge is 0.219 e. The first kappa shape index (κ1) is 19.3. The summed E-state index contributed by atoms with van der Waals surface area (Å²) in [6, 6.07) is 0. The van der Waals surface area contributed by atoms with E-state index in [1.54, 1.807) is 18.7 Å². The van der Waals surface area contributed by atoms with E-state index in [0.717, 1.165) is 43.0 Å². The van der Waals surface area contributed by atoms with E-state index in [4.69, 9.17) is 5.73 Å². The van der Waals surface area contributed by atoms with Crippen LogP contribution in [0.15, 0.2) is 18.7 Å². The van der Waals surface area contributed by atoms with Crippen LogP contribution >= 0.6 is 24.8 Å².